The summed E-state index contributed by atoms with van der Waals surface area (Å²) in [6.07, 6.45) is 0. The number of ether oxygens (including phenoxy) is 1. The molecule has 0 unspecified atom stereocenters. The fraction of sp³-hybridized carbons (Fsp3) is 0.462. The summed E-state index contributed by atoms with van der Waals surface area (Å²) in [4.78, 5) is 11.8. The van der Waals surface area contributed by atoms with Crippen LogP contribution in [-0.4, -0.2) is 19.1 Å². The van der Waals surface area contributed by atoms with E-state index in [0.29, 0.717) is 35.4 Å². The lowest BCUT2D eigenvalue weighted by molar-refractivity contribution is 0.0949. The first-order valence-electron chi connectivity index (χ1n) is 5.75. The maximum absolute atomic E-state index is 11.8. The van der Waals surface area contributed by atoms with Gasteiger partial charge < -0.3 is 10.1 Å². The number of rotatable bonds is 5. The number of carbonyl (C=O) groups excluding carboxylic acids is 1. The van der Waals surface area contributed by atoms with Crippen LogP contribution in [0.15, 0.2) is 18.2 Å². The Kier molecular flexibility index (Phi) is 5.29. The lowest BCUT2D eigenvalue weighted by Crippen LogP contribution is -2.27. The Bertz CT molecular complexity index is 391. The van der Waals surface area contributed by atoms with Crippen LogP contribution in [-0.2, 0) is 0 Å². The Hall–Kier alpha value is -1.22. The summed E-state index contributed by atoms with van der Waals surface area (Å²) in [5.74, 6) is 0.926. The molecule has 0 aliphatic heterocycles. The van der Waals surface area contributed by atoms with Crippen molar-refractivity contribution in [1.82, 2.24) is 5.32 Å². The first-order valence-corrected chi connectivity index (χ1v) is 6.13. The van der Waals surface area contributed by atoms with Crippen molar-refractivity contribution in [2.24, 2.45) is 5.92 Å². The third-order valence-electron chi connectivity index (χ3n) is 2.16. The van der Waals surface area contributed by atoms with Gasteiger partial charge in [0.25, 0.3) is 5.91 Å². The molecule has 0 radical (unpaired) electrons. The van der Waals surface area contributed by atoms with Gasteiger partial charge in [-0.2, -0.15) is 0 Å². The SMILES string of the molecule is CCOc1ccc(C(=O)NCC(C)C)cc1Cl. The van der Waals surface area contributed by atoms with Crippen molar-refractivity contribution in [2.75, 3.05) is 13.2 Å². The van der Waals surface area contributed by atoms with Gasteiger partial charge in [0, 0.05) is 12.1 Å². The normalized spacial score (nSPS) is 10.4. The van der Waals surface area contributed by atoms with Crippen LogP contribution in [0.5, 0.6) is 5.75 Å². The molecular weight excluding hydrogens is 238 g/mol. The number of halogens is 1. The topological polar surface area (TPSA) is 38.3 Å². The molecule has 1 aromatic carbocycles. The smallest absolute Gasteiger partial charge is 0.251 e. The van der Waals surface area contributed by atoms with Gasteiger partial charge in [-0.05, 0) is 31.0 Å². The highest BCUT2D eigenvalue weighted by molar-refractivity contribution is 6.32. The summed E-state index contributed by atoms with van der Waals surface area (Å²) >= 11 is 6.01. The largest absolute Gasteiger partial charge is 0.492 e. The molecule has 1 amide bonds. The lowest BCUT2D eigenvalue weighted by Gasteiger charge is -2.09. The molecule has 17 heavy (non-hydrogen) atoms. The molecule has 1 aromatic rings. The van der Waals surface area contributed by atoms with Gasteiger partial charge in [0.2, 0.25) is 0 Å². The van der Waals surface area contributed by atoms with Crippen LogP contribution in [0.25, 0.3) is 0 Å². The molecule has 1 N–H and O–H groups in total. The Morgan fingerprint density at radius 1 is 1.47 bits per heavy atom. The van der Waals surface area contributed by atoms with Crippen molar-refractivity contribution in [3.8, 4) is 5.75 Å². The zero-order chi connectivity index (χ0) is 12.8. The van der Waals surface area contributed by atoms with Crippen molar-refractivity contribution in [3.05, 3.63) is 28.8 Å². The lowest BCUT2D eigenvalue weighted by atomic mass is 10.2. The second-order valence-corrected chi connectivity index (χ2v) is 4.59. The van der Waals surface area contributed by atoms with Gasteiger partial charge in [-0.25, -0.2) is 0 Å². The molecule has 0 bridgehead atoms. The van der Waals surface area contributed by atoms with Gasteiger partial charge in [0.15, 0.2) is 0 Å². The van der Waals surface area contributed by atoms with Crippen molar-refractivity contribution in [3.63, 3.8) is 0 Å². The van der Waals surface area contributed by atoms with E-state index >= 15 is 0 Å². The van der Waals surface area contributed by atoms with Crippen LogP contribution < -0.4 is 10.1 Å². The van der Waals surface area contributed by atoms with Crippen molar-refractivity contribution < 1.29 is 9.53 Å². The van der Waals surface area contributed by atoms with E-state index in [0.717, 1.165) is 0 Å². The van der Waals surface area contributed by atoms with E-state index in [4.69, 9.17) is 16.3 Å². The average Bonchev–Trinajstić information content (AvgIpc) is 2.28. The summed E-state index contributed by atoms with van der Waals surface area (Å²) in [7, 11) is 0. The molecule has 1 rings (SSSR count). The van der Waals surface area contributed by atoms with E-state index in [-0.39, 0.29) is 5.91 Å². The summed E-state index contributed by atoms with van der Waals surface area (Å²) in [5, 5.41) is 3.30. The summed E-state index contributed by atoms with van der Waals surface area (Å²) in [6.45, 7) is 7.19. The molecule has 94 valence electrons. The molecule has 0 saturated carbocycles. The van der Waals surface area contributed by atoms with E-state index < -0.39 is 0 Å². The number of benzene rings is 1. The fourth-order valence-electron chi connectivity index (χ4n) is 1.31. The van der Waals surface area contributed by atoms with E-state index in [1.54, 1.807) is 18.2 Å². The first-order chi connectivity index (χ1) is 8.04. The number of nitrogens with one attached hydrogen (secondary N) is 1. The standard InChI is InChI=1S/C13H18ClNO2/c1-4-17-12-6-5-10(7-11(12)14)13(16)15-8-9(2)3/h5-7,9H,4,8H2,1-3H3,(H,15,16). The molecule has 0 fully saturated rings. The summed E-state index contributed by atoms with van der Waals surface area (Å²) in [6, 6.07) is 5.06. The first kappa shape index (κ1) is 13.8. The molecule has 4 heteroatoms. The Morgan fingerprint density at radius 3 is 2.71 bits per heavy atom. The third kappa shape index (κ3) is 4.27. The minimum Gasteiger partial charge on any atom is -0.492 e. The van der Waals surface area contributed by atoms with Crippen LogP contribution in [0, 0.1) is 5.92 Å². The number of hydrogen-bond donors (Lipinski definition) is 1. The number of hydrogen-bond acceptors (Lipinski definition) is 2. The molecule has 0 atom stereocenters. The van der Waals surface area contributed by atoms with Crippen molar-refractivity contribution in [2.45, 2.75) is 20.8 Å². The van der Waals surface area contributed by atoms with Crippen molar-refractivity contribution in [1.29, 1.82) is 0 Å². The fourth-order valence-corrected chi connectivity index (χ4v) is 1.55. The molecule has 0 aromatic heterocycles. The maximum Gasteiger partial charge on any atom is 0.251 e. The maximum atomic E-state index is 11.8. The van der Waals surface area contributed by atoms with Gasteiger partial charge in [-0.1, -0.05) is 25.4 Å². The minimum atomic E-state index is -0.108. The monoisotopic (exact) mass is 255 g/mol. The van der Waals surface area contributed by atoms with Crippen LogP contribution in [0.1, 0.15) is 31.1 Å². The molecule has 0 aliphatic carbocycles. The van der Waals surface area contributed by atoms with Crippen molar-refractivity contribution >= 4 is 17.5 Å². The second kappa shape index (κ2) is 6.50. The highest BCUT2D eigenvalue weighted by Gasteiger charge is 2.09. The molecule has 0 aliphatic rings. The third-order valence-corrected chi connectivity index (χ3v) is 2.46. The summed E-state index contributed by atoms with van der Waals surface area (Å²) in [5.41, 5.74) is 0.555. The number of carbonyl (C=O) groups is 1. The Labute approximate surface area is 107 Å². The van der Waals surface area contributed by atoms with E-state index in [1.807, 2.05) is 20.8 Å². The van der Waals surface area contributed by atoms with Crippen LogP contribution in [0.3, 0.4) is 0 Å². The Morgan fingerprint density at radius 2 is 2.18 bits per heavy atom. The molecular formula is C13H18ClNO2. The zero-order valence-corrected chi connectivity index (χ0v) is 11.2. The average molecular weight is 256 g/mol. The molecule has 0 heterocycles. The molecule has 0 spiro atoms. The Balaban J connectivity index is 2.72. The van der Waals surface area contributed by atoms with Gasteiger partial charge in [0.1, 0.15) is 5.75 Å². The van der Waals surface area contributed by atoms with Crippen LogP contribution >= 0.6 is 11.6 Å². The van der Waals surface area contributed by atoms with E-state index in [1.165, 1.54) is 0 Å². The highest BCUT2D eigenvalue weighted by atomic mass is 35.5. The predicted octanol–water partition coefficient (Wildman–Crippen LogP) is 3.12. The summed E-state index contributed by atoms with van der Waals surface area (Å²) < 4.78 is 5.31. The van der Waals surface area contributed by atoms with E-state index in [9.17, 15) is 4.79 Å². The van der Waals surface area contributed by atoms with Gasteiger partial charge in [0.05, 0.1) is 11.6 Å². The van der Waals surface area contributed by atoms with Gasteiger partial charge in [-0.3, -0.25) is 4.79 Å². The van der Waals surface area contributed by atoms with Gasteiger partial charge in [-0.15, -0.1) is 0 Å². The highest BCUT2D eigenvalue weighted by Crippen LogP contribution is 2.25. The van der Waals surface area contributed by atoms with Crippen LogP contribution in [0.4, 0.5) is 0 Å². The van der Waals surface area contributed by atoms with Crippen LogP contribution in [0.2, 0.25) is 5.02 Å². The number of amides is 1. The van der Waals surface area contributed by atoms with Gasteiger partial charge >= 0.3 is 0 Å². The minimum absolute atomic E-state index is 0.108. The quantitative estimate of drug-likeness (QED) is 0.878. The molecule has 3 nitrogen and oxygen atoms in total. The zero-order valence-electron chi connectivity index (χ0n) is 10.4. The molecule has 0 saturated heterocycles. The predicted molar refractivity (Wildman–Crippen MR) is 69.8 cm³/mol. The second-order valence-electron chi connectivity index (χ2n) is 4.18. The van der Waals surface area contributed by atoms with E-state index in [2.05, 4.69) is 5.32 Å².